The summed E-state index contributed by atoms with van der Waals surface area (Å²) in [4.78, 5) is 18.5. The van der Waals surface area contributed by atoms with Crippen molar-refractivity contribution >= 4 is 12.1 Å². The highest BCUT2D eigenvalue weighted by molar-refractivity contribution is 5.82. The minimum atomic E-state index is -0.313. The number of methoxy groups -OCH3 is 1. The number of amides is 2. The molecule has 2 amide bonds. The van der Waals surface area contributed by atoms with Gasteiger partial charge in [-0.25, -0.2) is 14.2 Å². The number of nitrogens with one attached hydrogen (secondary N) is 1. The van der Waals surface area contributed by atoms with Gasteiger partial charge in [-0.1, -0.05) is 24.8 Å². The third-order valence-corrected chi connectivity index (χ3v) is 5.58. The number of imidazole rings is 1. The van der Waals surface area contributed by atoms with Crippen LogP contribution in [0.3, 0.4) is 0 Å². The number of carbonyl (C=O) groups excluding carboxylic acids is 1. The molecular formula is C25H25FN4O2. The Labute approximate surface area is 186 Å². The van der Waals surface area contributed by atoms with E-state index < -0.39 is 0 Å². The van der Waals surface area contributed by atoms with Crippen LogP contribution in [-0.4, -0.2) is 34.1 Å². The number of rotatable bonds is 5. The maximum absolute atomic E-state index is 13.3. The molecule has 1 fully saturated rings. The van der Waals surface area contributed by atoms with Crippen LogP contribution in [0.5, 0.6) is 5.75 Å². The summed E-state index contributed by atoms with van der Waals surface area (Å²) in [5, 5.41) is 2.90. The Bertz CT molecular complexity index is 1200. The third kappa shape index (κ3) is 4.14. The van der Waals surface area contributed by atoms with E-state index in [4.69, 9.17) is 4.74 Å². The van der Waals surface area contributed by atoms with Crippen molar-refractivity contribution in [3.8, 4) is 11.4 Å². The number of carbonyl (C=O) groups is 1. The standard InChI is InChI=1S/C25H25FN4O2/c1-16-14-29(15-28-16)23-10-5-19(12-24(23)32-4)11-21-13-27-25(31)30(18(21)3)17(2)20-6-8-22(26)9-7-20/h5-12,14-15,17H,3,13H2,1-2,4H3,(H,27,31)/b21-11+. The number of nitrogens with zero attached hydrogens (tertiary/aromatic N) is 3. The third-order valence-electron chi connectivity index (χ3n) is 5.58. The molecule has 0 spiro atoms. The second kappa shape index (κ2) is 8.70. The van der Waals surface area contributed by atoms with Crippen molar-refractivity contribution in [3.05, 3.63) is 95.5 Å². The van der Waals surface area contributed by atoms with Gasteiger partial charge >= 0.3 is 6.03 Å². The van der Waals surface area contributed by atoms with Gasteiger partial charge in [0.05, 0.1) is 30.9 Å². The summed E-state index contributed by atoms with van der Waals surface area (Å²) >= 11 is 0. The van der Waals surface area contributed by atoms with Crippen molar-refractivity contribution in [3.63, 3.8) is 0 Å². The van der Waals surface area contributed by atoms with Crippen molar-refractivity contribution in [2.24, 2.45) is 0 Å². The molecule has 2 heterocycles. The summed E-state index contributed by atoms with van der Waals surface area (Å²) in [6.45, 7) is 8.38. The molecule has 0 aliphatic carbocycles. The van der Waals surface area contributed by atoms with Crippen LogP contribution in [-0.2, 0) is 0 Å². The number of hydrogen-bond donors (Lipinski definition) is 1. The van der Waals surface area contributed by atoms with Gasteiger partial charge in [-0.2, -0.15) is 0 Å². The Kier molecular flexibility index (Phi) is 5.81. The van der Waals surface area contributed by atoms with Crippen LogP contribution in [0.4, 0.5) is 9.18 Å². The summed E-state index contributed by atoms with van der Waals surface area (Å²) in [6.07, 6.45) is 5.67. The van der Waals surface area contributed by atoms with Gasteiger partial charge in [-0.3, -0.25) is 4.90 Å². The highest BCUT2D eigenvalue weighted by Gasteiger charge is 2.30. The van der Waals surface area contributed by atoms with Crippen molar-refractivity contribution < 1.29 is 13.9 Å². The first kappa shape index (κ1) is 21.4. The zero-order valence-electron chi connectivity index (χ0n) is 18.3. The topological polar surface area (TPSA) is 59.4 Å². The van der Waals surface area contributed by atoms with Gasteiger partial charge in [0.1, 0.15) is 11.6 Å². The normalized spacial score (nSPS) is 16.2. The summed E-state index contributed by atoms with van der Waals surface area (Å²) < 4.78 is 20.8. The highest BCUT2D eigenvalue weighted by Crippen LogP contribution is 2.32. The summed E-state index contributed by atoms with van der Waals surface area (Å²) in [5.74, 6) is 0.394. The summed E-state index contributed by atoms with van der Waals surface area (Å²) in [5.41, 5.74) is 5.04. The number of ether oxygens (including phenoxy) is 1. The first-order chi connectivity index (χ1) is 15.4. The van der Waals surface area contributed by atoms with Gasteiger partial charge in [-0.15, -0.1) is 0 Å². The molecular weight excluding hydrogens is 407 g/mol. The molecule has 1 N–H and O–H groups in total. The van der Waals surface area contributed by atoms with Crippen molar-refractivity contribution in [2.45, 2.75) is 19.9 Å². The Morgan fingerprint density at radius 2 is 2.00 bits per heavy atom. The largest absolute Gasteiger partial charge is 0.495 e. The Balaban J connectivity index is 1.63. The van der Waals surface area contributed by atoms with Gasteiger partial charge in [0.15, 0.2) is 0 Å². The number of halogens is 1. The molecule has 32 heavy (non-hydrogen) atoms. The van der Waals surface area contributed by atoms with Crippen LogP contribution in [0.1, 0.15) is 29.8 Å². The summed E-state index contributed by atoms with van der Waals surface area (Å²) in [7, 11) is 1.63. The predicted molar refractivity (Wildman–Crippen MR) is 122 cm³/mol. The fraction of sp³-hybridized carbons (Fsp3) is 0.200. The van der Waals surface area contributed by atoms with Gasteiger partial charge in [0, 0.05) is 18.4 Å². The van der Waals surface area contributed by atoms with E-state index in [1.165, 1.54) is 12.1 Å². The SMILES string of the molecule is C=C1/C(=C/c2ccc(-n3cnc(C)c3)c(OC)c2)CNC(=O)N1C(C)c1ccc(F)cc1. The van der Waals surface area contributed by atoms with Crippen LogP contribution in [0.25, 0.3) is 11.8 Å². The van der Waals surface area contributed by atoms with Gasteiger partial charge in [0.25, 0.3) is 0 Å². The molecule has 0 radical (unpaired) electrons. The van der Waals surface area contributed by atoms with E-state index in [0.717, 1.165) is 28.1 Å². The molecule has 1 aromatic heterocycles. The van der Waals surface area contributed by atoms with Crippen LogP contribution in [0.2, 0.25) is 0 Å². The number of aryl methyl sites for hydroxylation is 1. The Morgan fingerprint density at radius 1 is 1.25 bits per heavy atom. The molecule has 164 valence electrons. The van der Waals surface area contributed by atoms with E-state index in [9.17, 15) is 9.18 Å². The zero-order chi connectivity index (χ0) is 22.8. The molecule has 0 saturated carbocycles. The number of benzene rings is 2. The Hall–Kier alpha value is -3.87. The summed E-state index contributed by atoms with van der Waals surface area (Å²) in [6, 6.07) is 11.5. The number of aromatic nitrogens is 2. The van der Waals surface area contributed by atoms with Gasteiger partial charge in [-0.05, 0) is 60.9 Å². The van der Waals surface area contributed by atoms with E-state index >= 15 is 0 Å². The van der Waals surface area contributed by atoms with E-state index in [-0.39, 0.29) is 17.9 Å². The lowest BCUT2D eigenvalue weighted by Gasteiger charge is -2.36. The molecule has 1 aliphatic rings. The lowest BCUT2D eigenvalue weighted by Crippen LogP contribution is -2.46. The average molecular weight is 432 g/mol. The molecule has 4 rings (SSSR count). The molecule has 1 aliphatic heterocycles. The number of hydrogen-bond acceptors (Lipinski definition) is 3. The Morgan fingerprint density at radius 3 is 2.66 bits per heavy atom. The van der Waals surface area contributed by atoms with Crippen LogP contribution in [0.15, 0.2) is 72.8 Å². The van der Waals surface area contributed by atoms with Crippen LogP contribution >= 0.6 is 0 Å². The lowest BCUT2D eigenvalue weighted by atomic mass is 10.0. The maximum atomic E-state index is 13.3. The fourth-order valence-corrected chi connectivity index (χ4v) is 3.82. The molecule has 1 atom stereocenters. The molecule has 0 bridgehead atoms. The second-order valence-electron chi connectivity index (χ2n) is 7.73. The van der Waals surface area contributed by atoms with Crippen molar-refractivity contribution in [2.75, 3.05) is 13.7 Å². The van der Waals surface area contributed by atoms with E-state index in [1.807, 2.05) is 48.9 Å². The molecule has 6 nitrogen and oxygen atoms in total. The second-order valence-corrected chi connectivity index (χ2v) is 7.73. The number of urea groups is 1. The van der Waals surface area contributed by atoms with E-state index in [1.54, 1.807) is 30.5 Å². The highest BCUT2D eigenvalue weighted by atomic mass is 19.1. The van der Waals surface area contributed by atoms with Crippen molar-refractivity contribution in [1.82, 2.24) is 19.8 Å². The minimum Gasteiger partial charge on any atom is -0.495 e. The monoisotopic (exact) mass is 432 g/mol. The quantitative estimate of drug-likeness (QED) is 0.616. The first-order valence-electron chi connectivity index (χ1n) is 10.3. The lowest BCUT2D eigenvalue weighted by molar-refractivity contribution is 0.194. The van der Waals surface area contributed by atoms with Gasteiger partial charge < -0.3 is 14.6 Å². The average Bonchev–Trinajstić information content (AvgIpc) is 3.22. The van der Waals surface area contributed by atoms with Crippen molar-refractivity contribution in [1.29, 1.82) is 0 Å². The molecule has 2 aromatic carbocycles. The fourth-order valence-electron chi connectivity index (χ4n) is 3.82. The van der Waals surface area contributed by atoms with E-state index in [0.29, 0.717) is 18.0 Å². The van der Waals surface area contributed by atoms with E-state index in [2.05, 4.69) is 16.9 Å². The first-order valence-corrected chi connectivity index (χ1v) is 10.3. The smallest absolute Gasteiger partial charge is 0.322 e. The maximum Gasteiger partial charge on any atom is 0.322 e. The molecule has 7 heteroatoms. The minimum absolute atomic E-state index is 0.229. The van der Waals surface area contributed by atoms with Crippen LogP contribution in [0, 0.1) is 12.7 Å². The molecule has 1 unspecified atom stereocenters. The molecule has 1 saturated heterocycles. The zero-order valence-corrected chi connectivity index (χ0v) is 18.3. The molecule has 3 aromatic rings. The van der Waals surface area contributed by atoms with Crippen LogP contribution < -0.4 is 10.1 Å². The predicted octanol–water partition coefficient (Wildman–Crippen LogP) is 5.01. The van der Waals surface area contributed by atoms with Gasteiger partial charge in [0.2, 0.25) is 0 Å².